The van der Waals surface area contributed by atoms with E-state index in [0.717, 1.165) is 25.0 Å². The standard InChI is InChI=1S/C13H26N4O4S/c1-10(6-7-21-13(20)17-14)16-12(19)9-15-11(18)5-3-2-4-8-22/h10,22H,2-9,14H2,1H3,(H,15,18)(H,16,19)(H,17,20). The first kappa shape index (κ1) is 20.5. The molecular weight excluding hydrogens is 308 g/mol. The van der Waals surface area contributed by atoms with E-state index in [4.69, 9.17) is 10.6 Å². The number of amides is 3. The minimum Gasteiger partial charge on any atom is -0.449 e. The van der Waals surface area contributed by atoms with Crippen molar-refractivity contribution in [3.05, 3.63) is 0 Å². The molecule has 0 radical (unpaired) electrons. The van der Waals surface area contributed by atoms with Crippen molar-refractivity contribution in [1.82, 2.24) is 16.1 Å². The second-order valence-corrected chi connectivity index (χ2v) is 5.30. The lowest BCUT2D eigenvalue weighted by Gasteiger charge is -2.14. The van der Waals surface area contributed by atoms with Gasteiger partial charge in [-0.15, -0.1) is 0 Å². The summed E-state index contributed by atoms with van der Waals surface area (Å²) in [5.41, 5.74) is 1.84. The molecule has 9 heteroatoms. The van der Waals surface area contributed by atoms with Crippen molar-refractivity contribution in [1.29, 1.82) is 0 Å². The Bertz CT molecular complexity index is 355. The molecule has 0 aliphatic carbocycles. The Morgan fingerprint density at radius 1 is 1.18 bits per heavy atom. The molecule has 22 heavy (non-hydrogen) atoms. The summed E-state index contributed by atoms with van der Waals surface area (Å²) in [5.74, 6) is 5.26. The molecule has 0 aliphatic heterocycles. The number of nitrogens with one attached hydrogen (secondary N) is 3. The zero-order chi connectivity index (χ0) is 16.8. The smallest absolute Gasteiger partial charge is 0.421 e. The number of unbranched alkanes of at least 4 members (excludes halogenated alkanes) is 2. The molecule has 0 aliphatic rings. The molecule has 0 aromatic rings. The molecule has 0 spiro atoms. The Morgan fingerprint density at radius 3 is 2.55 bits per heavy atom. The fourth-order valence-corrected chi connectivity index (χ4v) is 1.83. The second-order valence-electron chi connectivity index (χ2n) is 4.85. The lowest BCUT2D eigenvalue weighted by Crippen LogP contribution is -2.41. The lowest BCUT2D eigenvalue weighted by atomic mass is 10.2. The van der Waals surface area contributed by atoms with Crippen molar-refractivity contribution in [2.75, 3.05) is 18.9 Å². The van der Waals surface area contributed by atoms with Gasteiger partial charge >= 0.3 is 6.09 Å². The summed E-state index contributed by atoms with van der Waals surface area (Å²) in [7, 11) is 0. The van der Waals surface area contributed by atoms with Crippen LogP contribution in [0.15, 0.2) is 0 Å². The van der Waals surface area contributed by atoms with E-state index in [2.05, 4.69) is 23.3 Å². The van der Waals surface area contributed by atoms with Gasteiger partial charge in [-0.05, 0) is 25.5 Å². The van der Waals surface area contributed by atoms with Gasteiger partial charge in [0, 0.05) is 18.9 Å². The highest BCUT2D eigenvalue weighted by atomic mass is 32.1. The summed E-state index contributed by atoms with van der Waals surface area (Å²) in [5, 5.41) is 5.26. The molecule has 3 amide bonds. The van der Waals surface area contributed by atoms with Crippen molar-refractivity contribution < 1.29 is 19.1 Å². The van der Waals surface area contributed by atoms with Crippen LogP contribution >= 0.6 is 12.6 Å². The molecule has 0 rings (SSSR count). The Morgan fingerprint density at radius 2 is 1.91 bits per heavy atom. The number of carbonyl (C=O) groups excluding carboxylic acids is 3. The fourth-order valence-electron chi connectivity index (χ4n) is 1.61. The van der Waals surface area contributed by atoms with Crippen molar-refractivity contribution >= 4 is 30.5 Å². The second kappa shape index (κ2) is 13.2. The van der Waals surface area contributed by atoms with Crippen molar-refractivity contribution in [3.8, 4) is 0 Å². The van der Waals surface area contributed by atoms with Crippen LogP contribution in [-0.4, -0.2) is 42.9 Å². The van der Waals surface area contributed by atoms with Gasteiger partial charge in [0.15, 0.2) is 0 Å². The molecule has 0 fully saturated rings. The van der Waals surface area contributed by atoms with Crippen LogP contribution in [0.1, 0.15) is 39.0 Å². The van der Waals surface area contributed by atoms with Gasteiger partial charge in [0.05, 0.1) is 13.2 Å². The number of thiol groups is 1. The molecule has 0 bridgehead atoms. The van der Waals surface area contributed by atoms with E-state index in [0.29, 0.717) is 12.8 Å². The van der Waals surface area contributed by atoms with Gasteiger partial charge in [0.2, 0.25) is 11.8 Å². The number of hydrazine groups is 1. The highest BCUT2D eigenvalue weighted by Crippen LogP contribution is 2.00. The molecule has 0 saturated heterocycles. The van der Waals surface area contributed by atoms with Crippen LogP contribution in [0.5, 0.6) is 0 Å². The zero-order valence-corrected chi connectivity index (χ0v) is 13.8. The number of carbonyl (C=O) groups is 3. The van der Waals surface area contributed by atoms with Gasteiger partial charge in [0.25, 0.3) is 0 Å². The average Bonchev–Trinajstić information content (AvgIpc) is 2.49. The lowest BCUT2D eigenvalue weighted by molar-refractivity contribution is -0.126. The first-order valence-electron chi connectivity index (χ1n) is 7.30. The van der Waals surface area contributed by atoms with E-state index in [-0.39, 0.29) is 31.0 Å². The van der Waals surface area contributed by atoms with Crippen LogP contribution in [0.4, 0.5) is 4.79 Å². The average molecular weight is 334 g/mol. The summed E-state index contributed by atoms with van der Waals surface area (Å²) < 4.78 is 4.70. The highest BCUT2D eigenvalue weighted by Gasteiger charge is 2.09. The van der Waals surface area contributed by atoms with Crippen LogP contribution in [0.3, 0.4) is 0 Å². The summed E-state index contributed by atoms with van der Waals surface area (Å²) in [6, 6.07) is -0.176. The minimum atomic E-state index is -0.719. The molecule has 1 unspecified atom stereocenters. The van der Waals surface area contributed by atoms with Crippen LogP contribution in [0.2, 0.25) is 0 Å². The van der Waals surface area contributed by atoms with Gasteiger partial charge < -0.3 is 15.4 Å². The van der Waals surface area contributed by atoms with Crippen LogP contribution < -0.4 is 21.9 Å². The van der Waals surface area contributed by atoms with Crippen LogP contribution in [-0.2, 0) is 14.3 Å². The van der Waals surface area contributed by atoms with Gasteiger partial charge in [-0.3, -0.25) is 15.0 Å². The molecule has 8 nitrogen and oxygen atoms in total. The van der Waals surface area contributed by atoms with Gasteiger partial charge in [0.1, 0.15) is 0 Å². The maximum atomic E-state index is 11.6. The quantitative estimate of drug-likeness (QED) is 0.120. The van der Waals surface area contributed by atoms with E-state index in [9.17, 15) is 14.4 Å². The normalized spacial score (nSPS) is 11.4. The van der Waals surface area contributed by atoms with Gasteiger partial charge in [-0.2, -0.15) is 12.6 Å². The third-order valence-electron chi connectivity index (χ3n) is 2.82. The minimum absolute atomic E-state index is 0.0557. The van der Waals surface area contributed by atoms with Gasteiger partial charge in [-0.25, -0.2) is 10.6 Å². The Labute approximate surface area is 136 Å². The molecule has 0 aromatic carbocycles. The molecule has 0 saturated carbocycles. The number of hydrogen-bond acceptors (Lipinski definition) is 6. The van der Waals surface area contributed by atoms with E-state index >= 15 is 0 Å². The Kier molecular flexibility index (Phi) is 12.3. The fraction of sp³-hybridized carbons (Fsp3) is 0.769. The molecular formula is C13H26N4O4S. The molecule has 0 aromatic heterocycles. The zero-order valence-electron chi connectivity index (χ0n) is 12.9. The first-order valence-corrected chi connectivity index (χ1v) is 7.93. The molecule has 1 atom stereocenters. The predicted octanol–water partition coefficient (Wildman–Crippen LogP) is 0.0875. The van der Waals surface area contributed by atoms with Crippen molar-refractivity contribution in [2.45, 2.75) is 45.1 Å². The Hall–Kier alpha value is -1.48. The largest absolute Gasteiger partial charge is 0.449 e. The monoisotopic (exact) mass is 334 g/mol. The van der Waals surface area contributed by atoms with E-state index in [1.165, 1.54) is 0 Å². The summed E-state index contributed by atoms with van der Waals surface area (Å²) >= 11 is 4.10. The molecule has 128 valence electrons. The predicted molar refractivity (Wildman–Crippen MR) is 86.2 cm³/mol. The first-order chi connectivity index (χ1) is 10.5. The summed E-state index contributed by atoms with van der Waals surface area (Å²) in [6.07, 6.45) is 2.89. The van der Waals surface area contributed by atoms with Crippen molar-refractivity contribution in [2.24, 2.45) is 5.84 Å². The van der Waals surface area contributed by atoms with Crippen molar-refractivity contribution in [3.63, 3.8) is 0 Å². The molecule has 0 heterocycles. The topological polar surface area (TPSA) is 123 Å². The number of ether oxygens (including phenoxy) is 1. The van der Waals surface area contributed by atoms with Crippen LogP contribution in [0, 0.1) is 0 Å². The van der Waals surface area contributed by atoms with Crippen LogP contribution in [0.25, 0.3) is 0 Å². The number of nitrogens with two attached hydrogens (primary N) is 1. The number of rotatable bonds is 11. The SMILES string of the molecule is CC(CCOC(=O)NN)NC(=O)CNC(=O)CCCCCS. The molecule has 5 N–H and O–H groups in total. The van der Waals surface area contributed by atoms with E-state index in [1.807, 2.05) is 5.43 Å². The number of hydrogen-bond donors (Lipinski definition) is 5. The van der Waals surface area contributed by atoms with Gasteiger partial charge in [-0.1, -0.05) is 6.42 Å². The Balaban J connectivity index is 3.66. The third kappa shape index (κ3) is 12.3. The maximum absolute atomic E-state index is 11.6. The van der Waals surface area contributed by atoms with E-state index < -0.39 is 6.09 Å². The summed E-state index contributed by atoms with van der Waals surface area (Å²) in [6.45, 7) is 1.86. The van der Waals surface area contributed by atoms with E-state index in [1.54, 1.807) is 6.92 Å². The summed E-state index contributed by atoms with van der Waals surface area (Å²) in [4.78, 5) is 33.8. The maximum Gasteiger partial charge on any atom is 0.421 e. The highest BCUT2D eigenvalue weighted by molar-refractivity contribution is 7.80. The third-order valence-corrected chi connectivity index (χ3v) is 3.13.